The maximum Gasteiger partial charge on any atom is 0.130 e. The molecule has 0 aliphatic rings. The van der Waals surface area contributed by atoms with Gasteiger partial charge in [-0.15, -0.1) is 0 Å². The quantitative estimate of drug-likeness (QED) is 0.698. The maximum absolute atomic E-state index is 6.31. The zero-order valence-corrected chi connectivity index (χ0v) is 13.6. The Morgan fingerprint density at radius 2 is 2.00 bits per heavy atom. The van der Waals surface area contributed by atoms with E-state index in [1.807, 2.05) is 14.0 Å². The van der Waals surface area contributed by atoms with E-state index in [0.717, 1.165) is 23.8 Å². The van der Waals surface area contributed by atoms with Gasteiger partial charge in [-0.3, -0.25) is 4.68 Å². The zero-order valence-electron chi connectivity index (χ0n) is 12.8. The second kappa shape index (κ2) is 8.60. The molecule has 1 rings (SSSR count). The molecular formula is C15H28ClN3. The number of nitrogens with one attached hydrogen (secondary N) is 1. The summed E-state index contributed by atoms with van der Waals surface area (Å²) in [5.41, 5.74) is 2.26. The molecule has 0 spiro atoms. The first-order valence-electron chi connectivity index (χ1n) is 7.51. The second-order valence-corrected chi connectivity index (χ2v) is 5.64. The molecular weight excluding hydrogens is 258 g/mol. The minimum absolute atomic E-state index is 0.516. The highest BCUT2D eigenvalue weighted by Crippen LogP contribution is 2.21. The first-order valence-corrected chi connectivity index (χ1v) is 7.89. The maximum atomic E-state index is 6.31. The molecule has 0 bridgehead atoms. The van der Waals surface area contributed by atoms with E-state index in [-0.39, 0.29) is 0 Å². The Hall–Kier alpha value is -0.540. The van der Waals surface area contributed by atoms with Crippen LogP contribution < -0.4 is 5.32 Å². The van der Waals surface area contributed by atoms with Crippen LogP contribution in [-0.2, 0) is 13.5 Å². The second-order valence-electron chi connectivity index (χ2n) is 5.29. The molecule has 1 atom stereocenters. The Labute approximate surface area is 122 Å². The van der Waals surface area contributed by atoms with Crippen LogP contribution in [0.2, 0.25) is 5.15 Å². The molecule has 0 saturated heterocycles. The fourth-order valence-electron chi connectivity index (χ4n) is 2.53. The van der Waals surface area contributed by atoms with E-state index >= 15 is 0 Å². The summed E-state index contributed by atoms with van der Waals surface area (Å²) in [4.78, 5) is 0. The van der Waals surface area contributed by atoms with Crippen molar-refractivity contribution in [3.05, 3.63) is 16.4 Å². The van der Waals surface area contributed by atoms with Crippen LogP contribution in [0.15, 0.2) is 0 Å². The standard InChI is InChI=1S/C15H28ClN3/c1-5-7-8-9-10-13(17-6-2)11-14-12(3)18-19(4)15(14)16/h13,17H,5-11H2,1-4H3. The lowest BCUT2D eigenvalue weighted by atomic mass is 10.0. The highest BCUT2D eigenvalue weighted by molar-refractivity contribution is 6.30. The van der Waals surface area contributed by atoms with E-state index in [1.165, 1.54) is 37.7 Å². The van der Waals surface area contributed by atoms with Gasteiger partial charge in [-0.05, 0) is 26.3 Å². The summed E-state index contributed by atoms with van der Waals surface area (Å²) in [5, 5.41) is 8.75. The number of likely N-dealkylation sites (N-methyl/N-ethyl adjacent to an activating group) is 1. The number of nitrogens with zero attached hydrogens (tertiary/aromatic N) is 2. The number of hydrogen-bond donors (Lipinski definition) is 1. The molecule has 110 valence electrons. The Balaban J connectivity index is 2.56. The Bertz CT molecular complexity index is 374. The van der Waals surface area contributed by atoms with Crippen LogP contribution in [0.4, 0.5) is 0 Å². The van der Waals surface area contributed by atoms with E-state index in [2.05, 4.69) is 24.3 Å². The van der Waals surface area contributed by atoms with E-state index in [4.69, 9.17) is 11.6 Å². The summed E-state index contributed by atoms with van der Waals surface area (Å²) in [5.74, 6) is 0. The van der Waals surface area contributed by atoms with Crippen LogP contribution in [0.3, 0.4) is 0 Å². The molecule has 1 aromatic heterocycles. The highest BCUT2D eigenvalue weighted by Gasteiger charge is 2.16. The summed E-state index contributed by atoms with van der Waals surface area (Å²) in [6, 6.07) is 0.516. The number of rotatable bonds is 9. The number of halogens is 1. The van der Waals surface area contributed by atoms with Crippen molar-refractivity contribution < 1.29 is 0 Å². The first-order chi connectivity index (χ1) is 9.10. The molecule has 0 radical (unpaired) electrons. The lowest BCUT2D eigenvalue weighted by Gasteiger charge is -2.17. The van der Waals surface area contributed by atoms with Crippen LogP contribution in [0.1, 0.15) is 57.2 Å². The van der Waals surface area contributed by atoms with Gasteiger partial charge in [0.15, 0.2) is 0 Å². The van der Waals surface area contributed by atoms with E-state index in [1.54, 1.807) is 4.68 Å². The van der Waals surface area contributed by atoms with Gasteiger partial charge in [0.1, 0.15) is 5.15 Å². The van der Waals surface area contributed by atoms with Crippen molar-refractivity contribution in [2.24, 2.45) is 7.05 Å². The van der Waals surface area contributed by atoms with Crippen molar-refractivity contribution in [3.8, 4) is 0 Å². The van der Waals surface area contributed by atoms with Crippen LogP contribution in [-0.4, -0.2) is 22.4 Å². The molecule has 1 aromatic rings. The van der Waals surface area contributed by atoms with Crippen LogP contribution >= 0.6 is 11.6 Å². The molecule has 3 nitrogen and oxygen atoms in total. The van der Waals surface area contributed by atoms with E-state index in [0.29, 0.717) is 6.04 Å². The third kappa shape index (κ3) is 5.15. The Kier molecular flexibility index (Phi) is 7.47. The first kappa shape index (κ1) is 16.5. The topological polar surface area (TPSA) is 29.9 Å². The van der Waals surface area contributed by atoms with Gasteiger partial charge in [0, 0.05) is 18.7 Å². The lowest BCUT2D eigenvalue weighted by molar-refractivity contribution is 0.462. The number of aromatic nitrogens is 2. The Morgan fingerprint density at radius 1 is 1.26 bits per heavy atom. The fourth-order valence-corrected chi connectivity index (χ4v) is 2.79. The van der Waals surface area contributed by atoms with Crippen molar-refractivity contribution >= 4 is 11.6 Å². The van der Waals surface area contributed by atoms with Crippen LogP contribution in [0.25, 0.3) is 0 Å². The van der Waals surface area contributed by atoms with Crippen molar-refractivity contribution in [1.82, 2.24) is 15.1 Å². The van der Waals surface area contributed by atoms with Gasteiger partial charge in [-0.1, -0.05) is 51.1 Å². The monoisotopic (exact) mass is 285 g/mol. The largest absolute Gasteiger partial charge is 0.314 e. The summed E-state index contributed by atoms with van der Waals surface area (Å²) >= 11 is 6.31. The molecule has 0 aliphatic heterocycles. The fraction of sp³-hybridized carbons (Fsp3) is 0.800. The van der Waals surface area contributed by atoms with Crippen molar-refractivity contribution in [1.29, 1.82) is 0 Å². The number of aryl methyl sites for hydroxylation is 2. The van der Waals surface area contributed by atoms with E-state index < -0.39 is 0 Å². The molecule has 0 aliphatic carbocycles. The molecule has 1 unspecified atom stereocenters. The normalized spacial score (nSPS) is 12.9. The predicted octanol–water partition coefficient (Wildman–Crippen LogP) is 3.87. The smallest absolute Gasteiger partial charge is 0.130 e. The third-order valence-corrected chi connectivity index (χ3v) is 4.09. The van der Waals surface area contributed by atoms with Crippen molar-refractivity contribution in [3.63, 3.8) is 0 Å². The average molecular weight is 286 g/mol. The molecule has 0 amide bonds. The molecule has 0 aromatic carbocycles. The van der Waals surface area contributed by atoms with Gasteiger partial charge >= 0.3 is 0 Å². The van der Waals surface area contributed by atoms with Gasteiger partial charge in [0.25, 0.3) is 0 Å². The third-order valence-electron chi connectivity index (χ3n) is 3.62. The molecule has 0 fully saturated rings. The van der Waals surface area contributed by atoms with Gasteiger partial charge in [0.2, 0.25) is 0 Å². The van der Waals surface area contributed by atoms with Gasteiger partial charge in [0.05, 0.1) is 5.69 Å². The molecule has 19 heavy (non-hydrogen) atoms. The Morgan fingerprint density at radius 3 is 2.53 bits per heavy atom. The molecule has 1 N–H and O–H groups in total. The number of unbranched alkanes of at least 4 members (excludes halogenated alkanes) is 3. The van der Waals surface area contributed by atoms with Crippen molar-refractivity contribution in [2.45, 2.75) is 65.3 Å². The number of hydrogen-bond acceptors (Lipinski definition) is 2. The molecule has 4 heteroatoms. The van der Waals surface area contributed by atoms with Gasteiger partial charge < -0.3 is 5.32 Å². The van der Waals surface area contributed by atoms with E-state index in [9.17, 15) is 0 Å². The highest BCUT2D eigenvalue weighted by atomic mass is 35.5. The minimum atomic E-state index is 0.516. The van der Waals surface area contributed by atoms with Gasteiger partial charge in [-0.2, -0.15) is 5.10 Å². The molecule has 1 heterocycles. The average Bonchev–Trinajstić information content (AvgIpc) is 2.61. The zero-order chi connectivity index (χ0) is 14.3. The SMILES string of the molecule is CCCCCCC(Cc1c(C)nn(C)c1Cl)NCC. The van der Waals surface area contributed by atoms with Gasteiger partial charge in [-0.25, -0.2) is 0 Å². The summed E-state index contributed by atoms with van der Waals surface area (Å²) in [6.45, 7) is 7.47. The lowest BCUT2D eigenvalue weighted by Crippen LogP contribution is -2.31. The van der Waals surface area contributed by atoms with Crippen molar-refractivity contribution in [2.75, 3.05) is 6.54 Å². The summed E-state index contributed by atoms with van der Waals surface area (Å²) < 4.78 is 1.77. The predicted molar refractivity (Wildman–Crippen MR) is 82.9 cm³/mol. The minimum Gasteiger partial charge on any atom is -0.314 e. The van der Waals surface area contributed by atoms with Crippen LogP contribution in [0, 0.1) is 6.92 Å². The summed E-state index contributed by atoms with van der Waals surface area (Å²) in [6.07, 6.45) is 7.46. The molecule has 0 saturated carbocycles. The van der Waals surface area contributed by atoms with Crippen LogP contribution in [0.5, 0.6) is 0 Å². The summed E-state index contributed by atoms with van der Waals surface area (Å²) in [7, 11) is 1.91.